The molecule has 0 radical (unpaired) electrons. The van der Waals surface area contributed by atoms with Gasteiger partial charge in [0.05, 0.1) is 17.7 Å². The van der Waals surface area contributed by atoms with Gasteiger partial charge in [-0.05, 0) is 104 Å². The van der Waals surface area contributed by atoms with Crippen molar-refractivity contribution in [3.63, 3.8) is 0 Å². The molecule has 5 atom stereocenters. The van der Waals surface area contributed by atoms with Gasteiger partial charge in [-0.2, -0.15) is 5.26 Å². The molecule has 3 aromatic rings. The summed E-state index contributed by atoms with van der Waals surface area (Å²) >= 11 is 0. The molecular weight excluding hydrogens is 354 g/mol. The molecule has 2 heterocycles. The molecule has 2 aromatic carbocycles. The highest BCUT2D eigenvalue weighted by molar-refractivity contribution is 5.93. The van der Waals surface area contributed by atoms with Crippen LogP contribution in [-0.4, -0.2) is 4.98 Å². The van der Waals surface area contributed by atoms with Gasteiger partial charge in [-0.25, -0.2) is 0 Å². The second-order valence-corrected chi connectivity index (χ2v) is 9.57. The van der Waals surface area contributed by atoms with Gasteiger partial charge in [0.1, 0.15) is 0 Å². The SMILES string of the molecule is Cc1ccc([C@@H]2Nc3ccc4[nH]c(C)c(C)c4c3[C@H]3[C@@H]4CC[C@@H](C4)[C@H]32)cc1C#N. The highest BCUT2D eigenvalue weighted by Crippen LogP contribution is 2.64. The lowest BCUT2D eigenvalue weighted by atomic mass is 9.67. The van der Waals surface area contributed by atoms with Crippen LogP contribution >= 0.6 is 0 Å². The second kappa shape index (κ2) is 5.89. The summed E-state index contributed by atoms with van der Waals surface area (Å²) in [4.78, 5) is 3.60. The van der Waals surface area contributed by atoms with Crippen molar-refractivity contribution in [2.24, 2.45) is 17.8 Å². The van der Waals surface area contributed by atoms with Crippen LogP contribution in [0.3, 0.4) is 0 Å². The Morgan fingerprint density at radius 1 is 1.03 bits per heavy atom. The van der Waals surface area contributed by atoms with E-state index in [1.165, 1.54) is 52.7 Å². The molecule has 0 saturated heterocycles. The fourth-order valence-corrected chi connectivity index (χ4v) is 6.85. The van der Waals surface area contributed by atoms with Crippen LogP contribution in [0.4, 0.5) is 5.69 Å². The Kier molecular flexibility index (Phi) is 3.48. The topological polar surface area (TPSA) is 51.6 Å². The van der Waals surface area contributed by atoms with E-state index in [1.807, 2.05) is 6.92 Å². The Bertz CT molecular complexity index is 1190. The van der Waals surface area contributed by atoms with Gasteiger partial charge in [-0.1, -0.05) is 12.1 Å². The number of benzene rings is 2. The zero-order chi connectivity index (χ0) is 19.9. The van der Waals surface area contributed by atoms with Gasteiger partial charge >= 0.3 is 0 Å². The van der Waals surface area contributed by atoms with Crippen LogP contribution in [-0.2, 0) is 0 Å². The average molecular weight is 382 g/mol. The maximum Gasteiger partial charge on any atom is 0.0994 e. The van der Waals surface area contributed by atoms with E-state index in [0.717, 1.165) is 23.0 Å². The predicted molar refractivity (Wildman–Crippen MR) is 117 cm³/mol. The van der Waals surface area contributed by atoms with E-state index < -0.39 is 0 Å². The Hall–Kier alpha value is -2.73. The number of hydrogen-bond donors (Lipinski definition) is 2. The van der Waals surface area contributed by atoms with Crippen molar-refractivity contribution in [1.29, 1.82) is 5.26 Å². The lowest BCUT2D eigenvalue weighted by molar-refractivity contribution is 0.249. The Labute approximate surface area is 172 Å². The summed E-state index contributed by atoms with van der Waals surface area (Å²) in [6, 6.07) is 13.7. The number of H-pyrrole nitrogens is 1. The van der Waals surface area contributed by atoms with Crippen LogP contribution < -0.4 is 5.32 Å². The molecule has 2 bridgehead atoms. The second-order valence-electron chi connectivity index (χ2n) is 9.57. The predicted octanol–water partition coefficient (Wildman–Crippen LogP) is 6.26. The molecular formula is C26H27N3. The third-order valence-corrected chi connectivity index (χ3v) is 8.26. The van der Waals surface area contributed by atoms with E-state index in [4.69, 9.17) is 0 Å². The molecule has 3 aliphatic rings. The van der Waals surface area contributed by atoms with E-state index in [-0.39, 0.29) is 0 Å². The number of nitrogens with zero attached hydrogens (tertiary/aromatic N) is 1. The first-order valence-corrected chi connectivity index (χ1v) is 11.0. The third-order valence-electron chi connectivity index (χ3n) is 8.26. The van der Waals surface area contributed by atoms with Crippen LogP contribution in [0, 0.1) is 49.9 Å². The molecule has 2 fully saturated rings. The van der Waals surface area contributed by atoms with Gasteiger partial charge in [-0.3, -0.25) is 0 Å². The van der Waals surface area contributed by atoms with Crippen molar-refractivity contribution in [2.75, 3.05) is 5.32 Å². The van der Waals surface area contributed by atoms with Crippen molar-refractivity contribution in [1.82, 2.24) is 4.98 Å². The number of aromatic amines is 1. The summed E-state index contributed by atoms with van der Waals surface area (Å²) in [6.07, 6.45) is 4.09. The number of rotatable bonds is 1. The van der Waals surface area contributed by atoms with E-state index in [0.29, 0.717) is 17.9 Å². The Balaban J connectivity index is 1.57. The summed E-state index contributed by atoms with van der Waals surface area (Å²) in [7, 11) is 0. The van der Waals surface area contributed by atoms with Crippen molar-refractivity contribution >= 4 is 16.6 Å². The minimum absolute atomic E-state index is 0.299. The fraction of sp³-hybridized carbons (Fsp3) is 0.423. The normalized spacial score (nSPS) is 29.4. The van der Waals surface area contributed by atoms with E-state index in [2.05, 4.69) is 60.5 Å². The maximum atomic E-state index is 9.57. The first-order chi connectivity index (χ1) is 14.1. The van der Waals surface area contributed by atoms with Crippen molar-refractivity contribution in [2.45, 2.75) is 52.0 Å². The summed E-state index contributed by atoms with van der Waals surface area (Å²) in [5.41, 5.74) is 9.99. The summed E-state index contributed by atoms with van der Waals surface area (Å²) < 4.78 is 0. The number of aryl methyl sites for hydroxylation is 3. The van der Waals surface area contributed by atoms with Crippen LogP contribution in [0.2, 0.25) is 0 Å². The zero-order valence-corrected chi connectivity index (χ0v) is 17.3. The van der Waals surface area contributed by atoms with Crippen LogP contribution in [0.25, 0.3) is 10.9 Å². The molecule has 0 unspecified atom stereocenters. The molecule has 3 nitrogen and oxygen atoms in total. The average Bonchev–Trinajstić information content (AvgIpc) is 3.42. The number of nitriles is 1. The standard InChI is InChI=1S/C26H27N3/c1-13-4-5-18(11-19(13)12-27)26-24-17-7-6-16(10-17)23(24)25-21(29-26)9-8-20-22(25)14(2)15(3)28-20/h4-5,8-9,11,16-17,23-24,26,28-29H,6-7,10H2,1-3H3/t16-,17+,23+,24-,26+/m1/s1. The summed E-state index contributed by atoms with van der Waals surface area (Å²) in [6.45, 7) is 6.48. The first-order valence-electron chi connectivity index (χ1n) is 11.0. The highest BCUT2D eigenvalue weighted by atomic mass is 15.0. The maximum absolute atomic E-state index is 9.57. The number of aromatic nitrogens is 1. The zero-order valence-electron chi connectivity index (χ0n) is 17.3. The molecule has 0 spiro atoms. The quantitative estimate of drug-likeness (QED) is 0.522. The molecule has 29 heavy (non-hydrogen) atoms. The number of nitrogens with one attached hydrogen (secondary N) is 2. The Morgan fingerprint density at radius 2 is 1.86 bits per heavy atom. The van der Waals surface area contributed by atoms with Gasteiger partial charge < -0.3 is 10.3 Å². The van der Waals surface area contributed by atoms with Gasteiger partial charge in [0.2, 0.25) is 0 Å². The van der Waals surface area contributed by atoms with Gasteiger partial charge in [0.15, 0.2) is 0 Å². The molecule has 1 aromatic heterocycles. The lowest BCUT2D eigenvalue weighted by Crippen LogP contribution is -2.35. The lowest BCUT2D eigenvalue weighted by Gasteiger charge is -2.44. The van der Waals surface area contributed by atoms with Crippen LogP contribution in [0.1, 0.15) is 64.7 Å². The monoisotopic (exact) mass is 381 g/mol. The molecule has 3 heteroatoms. The number of fused-ring (bicyclic) bond motifs is 9. The molecule has 2 aliphatic carbocycles. The first kappa shape index (κ1) is 17.2. The minimum Gasteiger partial charge on any atom is -0.378 e. The summed E-state index contributed by atoms with van der Waals surface area (Å²) in [5, 5.41) is 15.0. The molecule has 0 amide bonds. The molecule has 2 N–H and O–H groups in total. The van der Waals surface area contributed by atoms with Gasteiger partial charge in [0, 0.05) is 22.3 Å². The molecule has 1 aliphatic heterocycles. The van der Waals surface area contributed by atoms with Crippen LogP contribution in [0.15, 0.2) is 30.3 Å². The van der Waals surface area contributed by atoms with E-state index in [1.54, 1.807) is 5.56 Å². The van der Waals surface area contributed by atoms with Gasteiger partial charge in [-0.15, -0.1) is 0 Å². The third kappa shape index (κ3) is 2.23. The van der Waals surface area contributed by atoms with Gasteiger partial charge in [0.25, 0.3) is 0 Å². The summed E-state index contributed by atoms with van der Waals surface area (Å²) in [5.74, 6) is 2.84. The molecule has 2 saturated carbocycles. The number of anilines is 1. The number of hydrogen-bond acceptors (Lipinski definition) is 2. The molecule has 146 valence electrons. The van der Waals surface area contributed by atoms with Crippen LogP contribution in [0.5, 0.6) is 0 Å². The van der Waals surface area contributed by atoms with Crippen molar-refractivity contribution in [3.8, 4) is 6.07 Å². The van der Waals surface area contributed by atoms with Crippen molar-refractivity contribution < 1.29 is 0 Å². The fourth-order valence-electron chi connectivity index (χ4n) is 6.85. The van der Waals surface area contributed by atoms with E-state index >= 15 is 0 Å². The highest BCUT2D eigenvalue weighted by Gasteiger charge is 2.54. The Morgan fingerprint density at radius 3 is 2.69 bits per heavy atom. The van der Waals surface area contributed by atoms with E-state index in [9.17, 15) is 5.26 Å². The molecule has 6 rings (SSSR count). The smallest absolute Gasteiger partial charge is 0.0994 e. The largest absolute Gasteiger partial charge is 0.378 e. The minimum atomic E-state index is 0.299. The van der Waals surface area contributed by atoms with Crippen molar-refractivity contribution in [3.05, 3.63) is 63.8 Å².